The van der Waals surface area contributed by atoms with Gasteiger partial charge in [-0.3, -0.25) is 4.79 Å². The molecule has 132 valence electrons. The van der Waals surface area contributed by atoms with Crippen LogP contribution in [0.2, 0.25) is 0 Å². The number of nitrogens with one attached hydrogen (secondary N) is 1. The van der Waals surface area contributed by atoms with Crippen LogP contribution < -0.4 is 14.8 Å². The second-order valence-corrected chi connectivity index (χ2v) is 7.21. The lowest BCUT2D eigenvalue weighted by Gasteiger charge is -2.37. The van der Waals surface area contributed by atoms with Crippen molar-refractivity contribution < 1.29 is 14.3 Å². The molecule has 4 nitrogen and oxygen atoms in total. The maximum atomic E-state index is 12.4. The molecule has 1 amide bonds. The number of ether oxygens (including phenoxy) is 2. The van der Waals surface area contributed by atoms with Gasteiger partial charge in [0.2, 0.25) is 0 Å². The van der Waals surface area contributed by atoms with Gasteiger partial charge in [0.25, 0.3) is 5.91 Å². The SMILES string of the molecule is Cc1cccc(OCC(=O)N[C@H]2CC(C)(C)Oc3ccccc32)c1C. The number of rotatable bonds is 4. The molecule has 2 aromatic carbocycles. The van der Waals surface area contributed by atoms with Crippen LogP contribution >= 0.6 is 0 Å². The van der Waals surface area contributed by atoms with E-state index in [0.29, 0.717) is 0 Å². The van der Waals surface area contributed by atoms with E-state index in [9.17, 15) is 4.79 Å². The molecule has 1 aliphatic rings. The van der Waals surface area contributed by atoms with Crippen molar-refractivity contribution in [1.29, 1.82) is 0 Å². The topological polar surface area (TPSA) is 47.6 Å². The molecule has 3 rings (SSSR count). The molecule has 1 heterocycles. The number of amides is 1. The van der Waals surface area contributed by atoms with Gasteiger partial charge in [-0.25, -0.2) is 0 Å². The molecule has 0 saturated carbocycles. The molecule has 0 spiro atoms. The first kappa shape index (κ1) is 17.3. The lowest BCUT2D eigenvalue weighted by atomic mass is 9.89. The van der Waals surface area contributed by atoms with Gasteiger partial charge in [-0.1, -0.05) is 30.3 Å². The van der Waals surface area contributed by atoms with Gasteiger partial charge in [-0.2, -0.15) is 0 Å². The summed E-state index contributed by atoms with van der Waals surface area (Å²) in [5.74, 6) is 1.46. The number of hydrogen-bond donors (Lipinski definition) is 1. The van der Waals surface area contributed by atoms with E-state index < -0.39 is 0 Å². The number of carbonyl (C=O) groups excluding carboxylic acids is 1. The summed E-state index contributed by atoms with van der Waals surface area (Å²) in [7, 11) is 0. The average molecular weight is 339 g/mol. The van der Waals surface area contributed by atoms with Crippen LogP contribution in [-0.4, -0.2) is 18.1 Å². The summed E-state index contributed by atoms with van der Waals surface area (Å²) in [5.41, 5.74) is 2.91. The standard InChI is InChI=1S/C21H25NO3/c1-14-8-7-11-18(15(14)2)24-13-20(23)22-17-12-21(3,4)25-19-10-6-5-9-16(17)19/h5-11,17H,12-13H2,1-4H3,(H,22,23)/t17-/m0/s1. The van der Waals surface area contributed by atoms with Gasteiger partial charge in [0, 0.05) is 12.0 Å². The third kappa shape index (κ3) is 3.95. The van der Waals surface area contributed by atoms with Crippen LogP contribution in [0.15, 0.2) is 42.5 Å². The third-order valence-corrected chi connectivity index (χ3v) is 4.63. The maximum Gasteiger partial charge on any atom is 0.258 e. The zero-order valence-corrected chi connectivity index (χ0v) is 15.3. The molecule has 0 radical (unpaired) electrons. The van der Waals surface area contributed by atoms with Crippen molar-refractivity contribution in [3.63, 3.8) is 0 Å². The Hall–Kier alpha value is -2.49. The van der Waals surface area contributed by atoms with Crippen LogP contribution in [0.1, 0.15) is 43.0 Å². The van der Waals surface area contributed by atoms with Crippen molar-refractivity contribution in [1.82, 2.24) is 5.32 Å². The highest BCUT2D eigenvalue weighted by Crippen LogP contribution is 2.39. The minimum atomic E-state index is -0.319. The number of aryl methyl sites for hydroxylation is 1. The number of benzene rings is 2. The molecule has 0 aliphatic carbocycles. The quantitative estimate of drug-likeness (QED) is 0.912. The van der Waals surface area contributed by atoms with Gasteiger partial charge < -0.3 is 14.8 Å². The molecule has 1 aliphatic heterocycles. The molecule has 0 saturated heterocycles. The lowest BCUT2D eigenvalue weighted by Crippen LogP contribution is -2.42. The summed E-state index contributed by atoms with van der Waals surface area (Å²) in [6.07, 6.45) is 0.721. The van der Waals surface area contributed by atoms with Gasteiger partial charge in [-0.15, -0.1) is 0 Å². The average Bonchev–Trinajstić information content (AvgIpc) is 2.55. The maximum absolute atomic E-state index is 12.4. The van der Waals surface area contributed by atoms with Crippen LogP contribution in [-0.2, 0) is 4.79 Å². The van der Waals surface area contributed by atoms with Crippen molar-refractivity contribution in [2.45, 2.75) is 45.8 Å². The first-order valence-electron chi connectivity index (χ1n) is 8.62. The molecule has 0 bridgehead atoms. The second-order valence-electron chi connectivity index (χ2n) is 7.21. The van der Waals surface area contributed by atoms with E-state index in [2.05, 4.69) is 5.32 Å². The summed E-state index contributed by atoms with van der Waals surface area (Å²) < 4.78 is 11.7. The molecule has 25 heavy (non-hydrogen) atoms. The number of hydrogen-bond acceptors (Lipinski definition) is 3. The van der Waals surface area contributed by atoms with Gasteiger partial charge in [0.1, 0.15) is 17.1 Å². The van der Waals surface area contributed by atoms with Crippen molar-refractivity contribution in [3.8, 4) is 11.5 Å². The van der Waals surface area contributed by atoms with Crippen LogP contribution in [0.25, 0.3) is 0 Å². The van der Waals surface area contributed by atoms with E-state index in [1.54, 1.807) is 0 Å². The van der Waals surface area contributed by atoms with E-state index in [-0.39, 0.29) is 24.2 Å². The van der Waals surface area contributed by atoms with Gasteiger partial charge in [0.15, 0.2) is 6.61 Å². The first-order chi connectivity index (χ1) is 11.9. The van der Waals surface area contributed by atoms with E-state index in [1.165, 1.54) is 0 Å². The molecule has 0 aromatic heterocycles. The van der Waals surface area contributed by atoms with Gasteiger partial charge in [0.05, 0.1) is 6.04 Å². The highest BCUT2D eigenvalue weighted by molar-refractivity contribution is 5.78. The molecule has 1 N–H and O–H groups in total. The highest BCUT2D eigenvalue weighted by Gasteiger charge is 2.34. The molecule has 0 fully saturated rings. The fraction of sp³-hybridized carbons (Fsp3) is 0.381. The monoisotopic (exact) mass is 339 g/mol. The molecular formula is C21H25NO3. The fourth-order valence-electron chi connectivity index (χ4n) is 3.19. The van der Waals surface area contributed by atoms with Crippen LogP contribution in [0, 0.1) is 13.8 Å². The van der Waals surface area contributed by atoms with Crippen LogP contribution in [0.4, 0.5) is 0 Å². The van der Waals surface area contributed by atoms with Crippen molar-refractivity contribution in [2.24, 2.45) is 0 Å². The third-order valence-electron chi connectivity index (χ3n) is 4.63. The number of para-hydroxylation sites is 1. The summed E-state index contributed by atoms with van der Waals surface area (Å²) in [6, 6.07) is 13.6. The Labute approximate surface area is 149 Å². The largest absolute Gasteiger partial charge is 0.487 e. The Bertz CT molecular complexity index is 782. The summed E-state index contributed by atoms with van der Waals surface area (Å²) in [4.78, 5) is 12.4. The van der Waals surface area contributed by atoms with E-state index >= 15 is 0 Å². The number of carbonyl (C=O) groups is 1. The Morgan fingerprint density at radius 1 is 1.20 bits per heavy atom. The number of fused-ring (bicyclic) bond motifs is 1. The molecule has 2 aromatic rings. The highest BCUT2D eigenvalue weighted by atomic mass is 16.5. The van der Waals surface area contributed by atoms with Crippen molar-refractivity contribution >= 4 is 5.91 Å². The predicted octanol–water partition coefficient (Wildman–Crippen LogP) is 4.10. The zero-order valence-electron chi connectivity index (χ0n) is 15.3. The van der Waals surface area contributed by atoms with Gasteiger partial charge >= 0.3 is 0 Å². The molecule has 4 heteroatoms. The summed E-state index contributed by atoms with van der Waals surface area (Å²) >= 11 is 0. The van der Waals surface area contributed by atoms with E-state index in [0.717, 1.165) is 34.6 Å². The predicted molar refractivity (Wildman–Crippen MR) is 98.1 cm³/mol. The molecule has 0 unspecified atom stereocenters. The Morgan fingerprint density at radius 3 is 2.76 bits per heavy atom. The van der Waals surface area contributed by atoms with E-state index in [1.807, 2.05) is 70.2 Å². The van der Waals surface area contributed by atoms with Crippen molar-refractivity contribution in [2.75, 3.05) is 6.61 Å². The Morgan fingerprint density at radius 2 is 1.96 bits per heavy atom. The summed E-state index contributed by atoms with van der Waals surface area (Å²) in [5, 5.41) is 3.09. The summed E-state index contributed by atoms with van der Waals surface area (Å²) in [6.45, 7) is 8.11. The van der Waals surface area contributed by atoms with Gasteiger partial charge in [-0.05, 0) is 51.0 Å². The zero-order chi connectivity index (χ0) is 18.0. The first-order valence-corrected chi connectivity index (χ1v) is 8.62. The second kappa shape index (κ2) is 6.79. The van der Waals surface area contributed by atoms with Crippen molar-refractivity contribution in [3.05, 3.63) is 59.2 Å². The fourth-order valence-corrected chi connectivity index (χ4v) is 3.19. The van der Waals surface area contributed by atoms with Crippen LogP contribution in [0.3, 0.4) is 0 Å². The van der Waals surface area contributed by atoms with E-state index in [4.69, 9.17) is 9.47 Å². The van der Waals surface area contributed by atoms with Crippen LogP contribution in [0.5, 0.6) is 11.5 Å². The Balaban J connectivity index is 1.68. The normalized spacial score (nSPS) is 18.0. The minimum Gasteiger partial charge on any atom is -0.487 e. The lowest BCUT2D eigenvalue weighted by molar-refractivity contribution is -0.124. The molecular weight excluding hydrogens is 314 g/mol. The minimum absolute atomic E-state index is 0.00421. The Kier molecular flexibility index (Phi) is 4.71. The molecule has 1 atom stereocenters. The smallest absolute Gasteiger partial charge is 0.258 e.